The van der Waals surface area contributed by atoms with E-state index < -0.39 is 17.5 Å². The third-order valence-electron chi connectivity index (χ3n) is 5.59. The maximum atomic E-state index is 13.3. The Kier molecular flexibility index (Phi) is 5.96. The molecule has 1 saturated heterocycles. The van der Waals surface area contributed by atoms with Gasteiger partial charge in [-0.25, -0.2) is 4.79 Å². The summed E-state index contributed by atoms with van der Waals surface area (Å²) in [5, 5.41) is 14.4. The van der Waals surface area contributed by atoms with E-state index in [4.69, 9.17) is 5.26 Å². The fourth-order valence-electron chi connectivity index (χ4n) is 4.19. The summed E-state index contributed by atoms with van der Waals surface area (Å²) in [6.07, 6.45) is 2.57. The van der Waals surface area contributed by atoms with Crippen molar-refractivity contribution in [3.63, 3.8) is 0 Å². The molecule has 1 aliphatic heterocycles. The molecule has 2 aromatic rings. The Balaban J connectivity index is 1.49. The van der Waals surface area contributed by atoms with Gasteiger partial charge in [-0.05, 0) is 42.5 Å². The zero-order chi connectivity index (χ0) is 21.8. The molecule has 8 heteroatoms. The maximum absolute atomic E-state index is 13.3. The number of imide groups is 1. The monoisotopic (exact) mass is 434 g/mol. The van der Waals surface area contributed by atoms with E-state index >= 15 is 0 Å². The van der Waals surface area contributed by atoms with Crippen LogP contribution in [0.5, 0.6) is 0 Å². The van der Waals surface area contributed by atoms with Gasteiger partial charge in [0.05, 0.1) is 11.8 Å². The van der Waals surface area contributed by atoms with Crippen LogP contribution in [0, 0.1) is 11.3 Å². The van der Waals surface area contributed by atoms with Crippen molar-refractivity contribution in [2.45, 2.75) is 36.1 Å². The van der Waals surface area contributed by atoms with Crippen LogP contribution in [0.25, 0.3) is 0 Å². The van der Waals surface area contributed by atoms with Gasteiger partial charge in [-0.15, -0.1) is 11.8 Å². The molecule has 0 saturated carbocycles. The summed E-state index contributed by atoms with van der Waals surface area (Å²) in [6.45, 7) is -0.355. The number of carbonyl (C=O) groups excluding carboxylic acids is 3. The summed E-state index contributed by atoms with van der Waals surface area (Å²) < 4.78 is 0. The number of urea groups is 1. The molecule has 158 valence electrons. The first-order valence-electron chi connectivity index (χ1n) is 10.2. The number of para-hydroxylation sites is 1. The lowest BCUT2D eigenvalue weighted by molar-refractivity contribution is -0.134. The fraction of sp³-hybridized carbons (Fsp3) is 0.304. The molecule has 1 spiro atoms. The lowest BCUT2D eigenvalue weighted by atomic mass is 9.76. The fourth-order valence-corrected chi connectivity index (χ4v) is 5.05. The first-order chi connectivity index (χ1) is 15.0. The quantitative estimate of drug-likeness (QED) is 0.412. The average molecular weight is 435 g/mol. The van der Waals surface area contributed by atoms with Gasteiger partial charge >= 0.3 is 6.03 Å². The molecule has 2 aliphatic rings. The van der Waals surface area contributed by atoms with Gasteiger partial charge < -0.3 is 10.6 Å². The molecule has 1 atom stereocenters. The van der Waals surface area contributed by atoms with Crippen LogP contribution in [-0.2, 0) is 21.5 Å². The second-order valence-electron chi connectivity index (χ2n) is 7.54. The number of nitrogens with one attached hydrogen (secondary N) is 2. The van der Waals surface area contributed by atoms with E-state index in [9.17, 15) is 14.4 Å². The van der Waals surface area contributed by atoms with Crippen molar-refractivity contribution in [2.75, 3.05) is 17.6 Å². The minimum Gasteiger partial charge on any atom is -0.324 e. The number of rotatable bonds is 6. The summed E-state index contributed by atoms with van der Waals surface area (Å²) >= 11 is 1.47. The summed E-state index contributed by atoms with van der Waals surface area (Å²) in [7, 11) is 0. The van der Waals surface area contributed by atoms with E-state index in [0.717, 1.165) is 33.8 Å². The molecular formula is C23H22N4O3S. The van der Waals surface area contributed by atoms with E-state index in [1.807, 2.05) is 36.4 Å². The van der Waals surface area contributed by atoms with Crippen LogP contribution < -0.4 is 10.6 Å². The Bertz CT molecular complexity index is 1080. The lowest BCUT2D eigenvalue weighted by Gasteiger charge is -2.33. The minimum atomic E-state index is -1.09. The Hall–Kier alpha value is -3.31. The van der Waals surface area contributed by atoms with Crippen molar-refractivity contribution in [2.24, 2.45) is 0 Å². The van der Waals surface area contributed by atoms with Crippen LogP contribution in [-0.4, -0.2) is 35.0 Å². The molecule has 0 radical (unpaired) electrons. The highest BCUT2D eigenvalue weighted by Gasteiger charge is 2.54. The molecule has 2 aromatic carbocycles. The molecule has 1 heterocycles. The van der Waals surface area contributed by atoms with Gasteiger partial charge in [-0.3, -0.25) is 14.5 Å². The second-order valence-corrected chi connectivity index (χ2v) is 8.68. The van der Waals surface area contributed by atoms with Crippen molar-refractivity contribution in [3.05, 3.63) is 59.7 Å². The first-order valence-corrected chi connectivity index (χ1v) is 11.1. The van der Waals surface area contributed by atoms with Crippen molar-refractivity contribution in [1.29, 1.82) is 5.26 Å². The van der Waals surface area contributed by atoms with Crippen molar-refractivity contribution in [1.82, 2.24) is 10.2 Å². The van der Waals surface area contributed by atoms with Crippen LogP contribution in [0.1, 0.15) is 30.4 Å². The molecule has 1 fully saturated rings. The molecule has 0 aromatic heterocycles. The third-order valence-corrected chi connectivity index (χ3v) is 6.66. The van der Waals surface area contributed by atoms with E-state index in [0.29, 0.717) is 24.3 Å². The largest absolute Gasteiger partial charge is 0.325 e. The Morgan fingerprint density at radius 3 is 2.81 bits per heavy atom. The third kappa shape index (κ3) is 4.01. The number of nitrogens with zero attached hydrogens (tertiary/aromatic N) is 2. The van der Waals surface area contributed by atoms with Crippen LogP contribution >= 0.6 is 11.8 Å². The van der Waals surface area contributed by atoms with E-state index in [1.165, 1.54) is 11.8 Å². The molecule has 31 heavy (non-hydrogen) atoms. The Morgan fingerprint density at radius 1 is 1.19 bits per heavy atom. The van der Waals surface area contributed by atoms with Gasteiger partial charge in [0.15, 0.2) is 0 Å². The molecular weight excluding hydrogens is 412 g/mol. The molecule has 0 bridgehead atoms. The summed E-state index contributed by atoms with van der Waals surface area (Å²) in [5.74, 6) is -0.215. The normalized spacial score (nSPS) is 19.6. The molecule has 1 aliphatic carbocycles. The van der Waals surface area contributed by atoms with Crippen LogP contribution in [0.4, 0.5) is 10.5 Å². The zero-order valence-corrected chi connectivity index (χ0v) is 17.7. The average Bonchev–Trinajstić information content (AvgIpc) is 3.00. The topological polar surface area (TPSA) is 102 Å². The number of hydrogen-bond donors (Lipinski definition) is 2. The van der Waals surface area contributed by atoms with Gasteiger partial charge in [0.25, 0.3) is 5.91 Å². The van der Waals surface area contributed by atoms with E-state index in [1.54, 1.807) is 12.1 Å². The molecule has 2 N–H and O–H groups in total. The van der Waals surface area contributed by atoms with Gasteiger partial charge in [-0.2, -0.15) is 5.26 Å². The van der Waals surface area contributed by atoms with Crippen molar-refractivity contribution < 1.29 is 14.4 Å². The van der Waals surface area contributed by atoms with Crippen LogP contribution in [0.3, 0.4) is 0 Å². The number of anilines is 1. The number of hydrogen-bond acceptors (Lipinski definition) is 5. The SMILES string of the molecule is N#CCCSc1ccccc1NC(=O)CN1C(=O)N[C@]2(CCCc3ccccc32)C1=O. The van der Waals surface area contributed by atoms with Crippen molar-refractivity contribution in [3.8, 4) is 6.07 Å². The number of fused-ring (bicyclic) bond motifs is 2. The van der Waals surface area contributed by atoms with Crippen LogP contribution in [0.2, 0.25) is 0 Å². The lowest BCUT2D eigenvalue weighted by Crippen LogP contribution is -2.47. The smallest absolute Gasteiger partial charge is 0.324 e. The number of carbonyl (C=O) groups is 3. The summed E-state index contributed by atoms with van der Waals surface area (Å²) in [6, 6.07) is 16.5. The number of nitriles is 1. The molecule has 4 rings (SSSR count). The number of thioether (sulfide) groups is 1. The van der Waals surface area contributed by atoms with E-state index in [2.05, 4.69) is 16.7 Å². The predicted molar refractivity (Wildman–Crippen MR) is 117 cm³/mol. The van der Waals surface area contributed by atoms with Gasteiger partial charge in [0.1, 0.15) is 12.1 Å². The second kappa shape index (κ2) is 8.82. The first kappa shape index (κ1) is 20.9. The van der Waals surface area contributed by atoms with Gasteiger partial charge in [0.2, 0.25) is 5.91 Å². The predicted octanol–water partition coefficient (Wildman–Crippen LogP) is 3.41. The Morgan fingerprint density at radius 2 is 1.97 bits per heavy atom. The highest BCUT2D eigenvalue weighted by molar-refractivity contribution is 7.99. The minimum absolute atomic E-state index is 0.355. The summed E-state index contributed by atoms with van der Waals surface area (Å²) in [5.41, 5.74) is 1.39. The molecule has 4 amide bonds. The van der Waals surface area contributed by atoms with Crippen LogP contribution in [0.15, 0.2) is 53.4 Å². The number of benzene rings is 2. The van der Waals surface area contributed by atoms with Crippen molar-refractivity contribution >= 4 is 35.3 Å². The zero-order valence-electron chi connectivity index (χ0n) is 16.9. The molecule has 0 unspecified atom stereocenters. The molecule has 7 nitrogen and oxygen atoms in total. The van der Waals surface area contributed by atoms with Gasteiger partial charge in [0, 0.05) is 17.1 Å². The highest BCUT2D eigenvalue weighted by Crippen LogP contribution is 2.39. The summed E-state index contributed by atoms with van der Waals surface area (Å²) in [4.78, 5) is 40.5. The number of amides is 4. The highest BCUT2D eigenvalue weighted by atomic mass is 32.2. The van der Waals surface area contributed by atoms with Gasteiger partial charge in [-0.1, -0.05) is 36.4 Å². The number of aryl methyl sites for hydroxylation is 1. The van der Waals surface area contributed by atoms with E-state index in [-0.39, 0.29) is 12.5 Å². The maximum Gasteiger partial charge on any atom is 0.325 e. The Labute approximate surface area is 184 Å². The standard InChI is InChI=1S/C23H22N4O3S/c24-13-6-14-31-19-11-4-3-10-18(19)25-20(28)15-27-21(29)23(26-22(27)30)12-5-8-16-7-1-2-9-17(16)23/h1-4,7,9-11H,5-6,8,12,14-15H2,(H,25,28)(H,26,30)/t23-/m0/s1.